The quantitative estimate of drug-likeness (QED) is 0.335. The number of hydrogen-bond acceptors (Lipinski definition) is 8. The molecule has 0 amide bonds. The summed E-state index contributed by atoms with van der Waals surface area (Å²) in [5, 5.41) is 21.7. The van der Waals surface area contributed by atoms with Gasteiger partial charge in [-0.3, -0.25) is 5.10 Å². The van der Waals surface area contributed by atoms with Gasteiger partial charge < -0.3 is 19.9 Å². The largest absolute Gasteiger partial charge is 0.482 e. The number of nitrogens with zero attached hydrogens (tertiary/aromatic N) is 3. The summed E-state index contributed by atoms with van der Waals surface area (Å²) in [6.07, 6.45) is -1.20. The fourth-order valence-corrected chi connectivity index (χ4v) is 3.35. The van der Waals surface area contributed by atoms with Gasteiger partial charge in [-0.2, -0.15) is 5.10 Å². The lowest BCUT2D eigenvalue weighted by Gasteiger charge is -2.19. The number of carbonyl (C=O) groups excluding carboxylic acids is 1. The van der Waals surface area contributed by atoms with Crippen molar-refractivity contribution < 1.29 is 23.8 Å². The molecule has 1 atom stereocenters. The zero-order valence-electron chi connectivity index (χ0n) is 19.8. The van der Waals surface area contributed by atoms with Crippen LogP contribution in [0, 0.1) is 12.7 Å². The molecule has 4 rings (SSSR count). The van der Waals surface area contributed by atoms with Crippen LogP contribution in [0.5, 0.6) is 5.75 Å². The number of nitrogens with one attached hydrogen (secondary N) is 2. The molecule has 0 spiro atoms. The van der Waals surface area contributed by atoms with Gasteiger partial charge in [-0.15, -0.1) is 0 Å². The number of aromatic nitrogens is 4. The first-order valence-corrected chi connectivity index (χ1v) is 11.0. The molecule has 0 saturated carbocycles. The summed E-state index contributed by atoms with van der Waals surface area (Å²) < 4.78 is 24.2. The Kier molecular flexibility index (Phi) is 6.65. The van der Waals surface area contributed by atoms with Crippen LogP contribution in [0.3, 0.4) is 0 Å². The average Bonchev–Trinajstić information content (AvgIpc) is 3.20. The van der Waals surface area contributed by atoms with Crippen molar-refractivity contribution in [3.63, 3.8) is 0 Å². The van der Waals surface area contributed by atoms with E-state index in [4.69, 9.17) is 9.47 Å². The molecular formula is C25H26FN5O4. The Bertz CT molecular complexity index is 1350. The minimum absolute atomic E-state index is 0.100. The van der Waals surface area contributed by atoms with Crippen molar-refractivity contribution in [2.75, 3.05) is 11.9 Å². The summed E-state index contributed by atoms with van der Waals surface area (Å²) in [7, 11) is 0. The normalized spacial score (nSPS) is 12.4. The van der Waals surface area contributed by atoms with Crippen LogP contribution in [-0.4, -0.2) is 43.4 Å². The van der Waals surface area contributed by atoms with Crippen LogP contribution in [0.2, 0.25) is 0 Å². The van der Waals surface area contributed by atoms with Gasteiger partial charge in [0.1, 0.15) is 29.1 Å². The standard InChI is InChI=1S/C25H26FN5O4/c1-14-11-20(31-30-14)28-23-18-10-9-17(34-13-21(32)35-25(2,3)4)12-19(18)27-24(29-23)22(33)15-5-7-16(26)8-6-15/h5-12,22,33H,13H2,1-4H3,(H2,27,28,29,30,31). The van der Waals surface area contributed by atoms with Crippen molar-refractivity contribution in [3.8, 4) is 5.75 Å². The number of H-pyrrole nitrogens is 1. The number of carbonyl (C=O) groups is 1. The van der Waals surface area contributed by atoms with Crippen molar-refractivity contribution in [2.24, 2.45) is 0 Å². The second-order valence-electron chi connectivity index (χ2n) is 9.00. The van der Waals surface area contributed by atoms with Gasteiger partial charge in [0.15, 0.2) is 18.2 Å². The molecule has 35 heavy (non-hydrogen) atoms. The van der Waals surface area contributed by atoms with Crippen molar-refractivity contribution in [1.29, 1.82) is 0 Å². The highest BCUT2D eigenvalue weighted by Gasteiger charge is 2.19. The molecule has 3 N–H and O–H groups in total. The summed E-state index contributed by atoms with van der Waals surface area (Å²) in [5.74, 6) is 0.535. The molecule has 1 unspecified atom stereocenters. The molecule has 2 aromatic heterocycles. The molecule has 2 heterocycles. The number of rotatable bonds is 7. The Morgan fingerprint density at radius 2 is 1.89 bits per heavy atom. The highest BCUT2D eigenvalue weighted by Crippen LogP contribution is 2.30. The van der Waals surface area contributed by atoms with E-state index in [9.17, 15) is 14.3 Å². The molecule has 0 aliphatic heterocycles. The zero-order valence-corrected chi connectivity index (χ0v) is 19.8. The maximum absolute atomic E-state index is 13.4. The number of fused-ring (bicyclic) bond motifs is 1. The molecule has 0 bridgehead atoms. The molecule has 9 nitrogen and oxygen atoms in total. The van der Waals surface area contributed by atoms with Gasteiger partial charge >= 0.3 is 5.97 Å². The topological polar surface area (TPSA) is 122 Å². The molecule has 10 heteroatoms. The van der Waals surface area contributed by atoms with Crippen molar-refractivity contribution >= 4 is 28.5 Å². The number of esters is 1. The molecule has 0 aliphatic rings. The summed E-state index contributed by atoms with van der Waals surface area (Å²) in [5.41, 5.74) is 1.14. The van der Waals surface area contributed by atoms with Crippen LogP contribution in [0.4, 0.5) is 16.0 Å². The number of aliphatic hydroxyl groups is 1. The smallest absolute Gasteiger partial charge is 0.344 e. The lowest BCUT2D eigenvalue weighted by atomic mass is 10.1. The van der Waals surface area contributed by atoms with Crippen LogP contribution in [0.15, 0.2) is 48.5 Å². The number of aromatic amines is 1. The van der Waals surface area contributed by atoms with E-state index in [1.807, 2.05) is 13.0 Å². The molecule has 0 radical (unpaired) electrons. The number of halogens is 1. The lowest BCUT2D eigenvalue weighted by molar-refractivity contribution is -0.157. The number of aryl methyl sites for hydroxylation is 1. The van der Waals surface area contributed by atoms with Crippen LogP contribution in [0.1, 0.15) is 44.0 Å². The van der Waals surface area contributed by atoms with Crippen LogP contribution in [-0.2, 0) is 9.53 Å². The Balaban J connectivity index is 1.68. The van der Waals surface area contributed by atoms with Gasteiger partial charge in [0.2, 0.25) is 0 Å². The minimum Gasteiger partial charge on any atom is -0.482 e. The van der Waals surface area contributed by atoms with E-state index in [1.54, 1.807) is 39.0 Å². The predicted octanol–water partition coefficient (Wildman–Crippen LogP) is 4.35. The van der Waals surface area contributed by atoms with Gasteiger partial charge in [0, 0.05) is 23.2 Å². The van der Waals surface area contributed by atoms with Gasteiger partial charge in [-0.1, -0.05) is 12.1 Å². The van der Waals surface area contributed by atoms with E-state index in [1.165, 1.54) is 24.3 Å². The summed E-state index contributed by atoms with van der Waals surface area (Å²) >= 11 is 0. The zero-order chi connectivity index (χ0) is 25.2. The molecule has 2 aromatic carbocycles. The molecule has 0 aliphatic carbocycles. The fourth-order valence-electron chi connectivity index (χ4n) is 3.35. The van der Waals surface area contributed by atoms with Crippen molar-refractivity contribution in [2.45, 2.75) is 39.4 Å². The van der Waals surface area contributed by atoms with Crippen molar-refractivity contribution in [1.82, 2.24) is 20.2 Å². The second-order valence-corrected chi connectivity index (χ2v) is 9.00. The number of aliphatic hydroxyl groups excluding tert-OH is 1. The molecule has 0 fully saturated rings. The summed E-state index contributed by atoms with van der Waals surface area (Å²) in [4.78, 5) is 21.0. The fraction of sp³-hybridized carbons (Fsp3) is 0.280. The monoisotopic (exact) mass is 479 g/mol. The van der Waals surface area contributed by atoms with E-state index in [0.717, 1.165) is 5.69 Å². The Labute approximate surface area is 201 Å². The van der Waals surface area contributed by atoms with Crippen LogP contribution < -0.4 is 10.1 Å². The summed E-state index contributed by atoms with van der Waals surface area (Å²) in [6.45, 7) is 6.94. The van der Waals surface area contributed by atoms with Gasteiger partial charge in [0.25, 0.3) is 0 Å². The molecule has 182 valence electrons. The van der Waals surface area contributed by atoms with Crippen molar-refractivity contribution in [3.05, 3.63) is 71.4 Å². The third-order valence-electron chi connectivity index (χ3n) is 4.85. The van der Waals surface area contributed by atoms with Gasteiger partial charge in [0.05, 0.1) is 5.52 Å². The lowest BCUT2D eigenvalue weighted by Crippen LogP contribution is -2.27. The maximum Gasteiger partial charge on any atom is 0.344 e. The average molecular weight is 480 g/mol. The predicted molar refractivity (Wildman–Crippen MR) is 128 cm³/mol. The van der Waals surface area contributed by atoms with Gasteiger partial charge in [-0.25, -0.2) is 19.2 Å². The number of benzene rings is 2. The van der Waals surface area contributed by atoms with E-state index in [0.29, 0.717) is 33.9 Å². The number of hydrogen-bond donors (Lipinski definition) is 3. The minimum atomic E-state index is -1.20. The van der Waals surface area contributed by atoms with Crippen LogP contribution >= 0.6 is 0 Å². The Morgan fingerprint density at radius 3 is 2.54 bits per heavy atom. The van der Waals surface area contributed by atoms with E-state index in [2.05, 4.69) is 25.5 Å². The second kappa shape index (κ2) is 9.67. The Hall–Kier alpha value is -4.05. The molecule has 0 saturated heterocycles. The molecule has 4 aromatic rings. The van der Waals surface area contributed by atoms with Gasteiger partial charge in [-0.05, 0) is 57.5 Å². The first kappa shape index (κ1) is 24.1. The number of anilines is 2. The SMILES string of the molecule is Cc1cc(Nc2nc(C(O)c3ccc(F)cc3)nc3cc(OCC(=O)OC(C)(C)C)ccc23)n[nH]1. The highest BCUT2D eigenvalue weighted by atomic mass is 19.1. The molecular weight excluding hydrogens is 453 g/mol. The summed E-state index contributed by atoms with van der Waals surface area (Å²) in [6, 6.07) is 12.3. The maximum atomic E-state index is 13.4. The first-order valence-electron chi connectivity index (χ1n) is 11.0. The van der Waals surface area contributed by atoms with E-state index in [-0.39, 0.29) is 12.4 Å². The van der Waals surface area contributed by atoms with Crippen LogP contribution in [0.25, 0.3) is 10.9 Å². The Morgan fingerprint density at radius 1 is 1.14 bits per heavy atom. The van der Waals surface area contributed by atoms with E-state index >= 15 is 0 Å². The third-order valence-corrected chi connectivity index (χ3v) is 4.85. The first-order chi connectivity index (χ1) is 16.6. The third kappa shape index (κ3) is 6.10. The van der Waals surface area contributed by atoms with E-state index < -0.39 is 23.5 Å². The number of ether oxygens (including phenoxy) is 2. The highest BCUT2D eigenvalue weighted by molar-refractivity contribution is 5.91.